The van der Waals surface area contributed by atoms with Crippen LogP contribution in [0.5, 0.6) is 0 Å². The highest BCUT2D eigenvalue weighted by Crippen LogP contribution is 2.15. The second-order valence-electron chi connectivity index (χ2n) is 0.849. The van der Waals surface area contributed by atoms with Crippen LogP contribution in [-0.4, -0.2) is 10.2 Å². The fourth-order valence-corrected chi connectivity index (χ4v) is 1.01. The molecule has 0 aliphatic heterocycles. The van der Waals surface area contributed by atoms with Crippen LogP contribution in [0.3, 0.4) is 0 Å². The Morgan fingerprint density at radius 1 is 1.86 bits per heavy atom. The average molecular weight is 131 g/mol. The van der Waals surface area contributed by atoms with E-state index in [0.717, 1.165) is 4.34 Å². The molecule has 0 aliphatic carbocycles. The van der Waals surface area contributed by atoms with Gasteiger partial charge in [0.2, 0.25) is 0 Å². The quantitative estimate of drug-likeness (QED) is 0.539. The van der Waals surface area contributed by atoms with Gasteiger partial charge in [-0.2, -0.15) is 0 Å². The number of thioether (sulfide) groups is 1. The average Bonchev–Trinajstić information content (AvgIpc) is 2.14. The number of hydrogen-bond acceptors (Lipinski definition) is 4. The highest BCUT2D eigenvalue weighted by Gasteiger charge is 1.87. The third-order valence-electron chi connectivity index (χ3n) is 0.464. The molecular weight excluding hydrogens is 128 g/mol. The van der Waals surface area contributed by atoms with Crippen LogP contribution in [0, 0.1) is 6.26 Å². The molecule has 1 heterocycles. The summed E-state index contributed by atoms with van der Waals surface area (Å²) in [4.78, 5) is 0. The Bertz CT molecular complexity index is 125. The van der Waals surface area contributed by atoms with E-state index in [2.05, 4.69) is 16.5 Å². The number of hydrogen-bond donors (Lipinski definition) is 0. The molecular formula is C3H3N2S2. The fraction of sp³-hybridized carbons (Fsp3) is 0. The summed E-state index contributed by atoms with van der Waals surface area (Å²) in [7, 11) is 0. The lowest BCUT2D eigenvalue weighted by atomic mass is 11.6. The monoisotopic (exact) mass is 131 g/mol. The van der Waals surface area contributed by atoms with Gasteiger partial charge >= 0.3 is 0 Å². The molecule has 0 fully saturated rings. The molecule has 0 saturated carbocycles. The molecule has 2 nitrogen and oxygen atoms in total. The highest BCUT2D eigenvalue weighted by atomic mass is 32.2. The maximum absolute atomic E-state index is 3.70. The van der Waals surface area contributed by atoms with Crippen molar-refractivity contribution in [1.82, 2.24) is 10.2 Å². The van der Waals surface area contributed by atoms with E-state index in [-0.39, 0.29) is 0 Å². The minimum atomic E-state index is 0.917. The summed E-state index contributed by atoms with van der Waals surface area (Å²) < 4.78 is 0.917. The molecule has 0 amide bonds. The summed E-state index contributed by atoms with van der Waals surface area (Å²) in [5, 5.41) is 7.30. The topological polar surface area (TPSA) is 25.8 Å². The molecule has 0 aromatic carbocycles. The van der Waals surface area contributed by atoms with Gasteiger partial charge in [-0.1, -0.05) is 23.1 Å². The molecule has 0 unspecified atom stereocenters. The zero-order valence-electron chi connectivity index (χ0n) is 3.50. The summed E-state index contributed by atoms with van der Waals surface area (Å²) in [5.74, 6) is 0. The van der Waals surface area contributed by atoms with Gasteiger partial charge < -0.3 is 0 Å². The van der Waals surface area contributed by atoms with Gasteiger partial charge in [0.15, 0.2) is 4.34 Å². The molecule has 4 heteroatoms. The zero-order valence-corrected chi connectivity index (χ0v) is 5.13. The molecule has 1 radical (unpaired) electrons. The largest absolute Gasteiger partial charge is 0.174 e. The van der Waals surface area contributed by atoms with E-state index in [9.17, 15) is 0 Å². The lowest BCUT2D eigenvalue weighted by molar-refractivity contribution is 1.01. The zero-order chi connectivity index (χ0) is 5.11. The SMILES string of the molecule is [CH2]Sc1nncs1. The predicted molar refractivity (Wildman–Crippen MR) is 31.1 cm³/mol. The van der Waals surface area contributed by atoms with Crippen molar-refractivity contribution in [3.63, 3.8) is 0 Å². The van der Waals surface area contributed by atoms with Gasteiger partial charge in [0.05, 0.1) is 0 Å². The molecule has 0 atom stereocenters. The highest BCUT2D eigenvalue weighted by molar-refractivity contribution is 8.02. The summed E-state index contributed by atoms with van der Waals surface area (Å²) in [6, 6.07) is 0. The van der Waals surface area contributed by atoms with E-state index < -0.39 is 0 Å². The molecule has 0 bridgehead atoms. The lowest BCUT2D eigenvalue weighted by Gasteiger charge is -1.74. The van der Waals surface area contributed by atoms with E-state index in [1.54, 1.807) is 5.51 Å². The van der Waals surface area contributed by atoms with Gasteiger partial charge in [-0.3, -0.25) is 0 Å². The third kappa shape index (κ3) is 1.14. The molecule has 0 saturated heterocycles. The first-order valence-electron chi connectivity index (χ1n) is 1.61. The first-order valence-corrected chi connectivity index (χ1v) is 3.48. The third-order valence-corrected chi connectivity index (χ3v) is 1.92. The fourth-order valence-electron chi connectivity index (χ4n) is 0.226. The van der Waals surface area contributed by atoms with Crippen LogP contribution in [0.15, 0.2) is 9.85 Å². The summed E-state index contributed by atoms with van der Waals surface area (Å²) in [6.07, 6.45) is 3.55. The van der Waals surface area contributed by atoms with Crippen molar-refractivity contribution in [1.29, 1.82) is 0 Å². The second-order valence-corrected chi connectivity index (χ2v) is 2.62. The van der Waals surface area contributed by atoms with E-state index in [1.165, 1.54) is 23.1 Å². The van der Waals surface area contributed by atoms with Gasteiger partial charge in [-0.05, 0) is 0 Å². The molecule has 0 N–H and O–H groups in total. The number of rotatable bonds is 1. The van der Waals surface area contributed by atoms with Gasteiger partial charge in [-0.15, -0.1) is 10.2 Å². The number of nitrogens with zero attached hydrogens (tertiary/aromatic N) is 2. The standard InChI is InChI=1S/C3H3N2S2/c1-6-3-5-4-2-7-3/h2H,1H2. The van der Waals surface area contributed by atoms with Gasteiger partial charge in [-0.25, -0.2) is 0 Å². The van der Waals surface area contributed by atoms with E-state index in [4.69, 9.17) is 0 Å². The maximum Gasteiger partial charge on any atom is 0.174 e. The van der Waals surface area contributed by atoms with Gasteiger partial charge in [0, 0.05) is 6.26 Å². The van der Waals surface area contributed by atoms with Crippen LogP contribution in [0.1, 0.15) is 0 Å². The van der Waals surface area contributed by atoms with E-state index >= 15 is 0 Å². The Morgan fingerprint density at radius 2 is 2.71 bits per heavy atom. The Kier molecular flexibility index (Phi) is 1.64. The van der Waals surface area contributed by atoms with Crippen molar-refractivity contribution in [3.05, 3.63) is 11.8 Å². The smallest absolute Gasteiger partial charge is 0.146 e. The lowest BCUT2D eigenvalue weighted by Crippen LogP contribution is -1.63. The summed E-state index contributed by atoms with van der Waals surface area (Å²) in [6.45, 7) is 0. The Morgan fingerprint density at radius 3 is 3.00 bits per heavy atom. The first kappa shape index (κ1) is 5.05. The Labute approximate surface area is 50.0 Å². The van der Waals surface area contributed by atoms with Crippen molar-refractivity contribution in [3.8, 4) is 0 Å². The normalized spacial score (nSPS) is 9.29. The molecule has 1 aromatic rings. The summed E-state index contributed by atoms with van der Waals surface area (Å²) >= 11 is 2.87. The van der Waals surface area contributed by atoms with Crippen LogP contribution in [0.25, 0.3) is 0 Å². The first-order chi connectivity index (χ1) is 3.43. The van der Waals surface area contributed by atoms with Crippen LogP contribution in [0.2, 0.25) is 0 Å². The van der Waals surface area contributed by atoms with E-state index in [0.29, 0.717) is 0 Å². The van der Waals surface area contributed by atoms with Gasteiger partial charge in [0.1, 0.15) is 5.51 Å². The van der Waals surface area contributed by atoms with Crippen molar-refractivity contribution in [2.45, 2.75) is 4.34 Å². The minimum Gasteiger partial charge on any atom is -0.146 e. The molecule has 0 spiro atoms. The molecule has 1 rings (SSSR count). The van der Waals surface area contributed by atoms with Crippen LogP contribution >= 0.6 is 23.1 Å². The minimum absolute atomic E-state index is 0.917. The molecule has 37 valence electrons. The van der Waals surface area contributed by atoms with Crippen LogP contribution in [-0.2, 0) is 0 Å². The van der Waals surface area contributed by atoms with Crippen molar-refractivity contribution in [2.75, 3.05) is 0 Å². The Balaban J connectivity index is 2.76. The second kappa shape index (κ2) is 2.28. The maximum atomic E-state index is 3.70. The molecule has 0 aliphatic rings. The van der Waals surface area contributed by atoms with Crippen molar-refractivity contribution in [2.24, 2.45) is 0 Å². The van der Waals surface area contributed by atoms with E-state index in [1.807, 2.05) is 0 Å². The van der Waals surface area contributed by atoms with Crippen LogP contribution in [0.4, 0.5) is 0 Å². The Hall–Kier alpha value is -0.0900. The van der Waals surface area contributed by atoms with Crippen molar-refractivity contribution < 1.29 is 0 Å². The summed E-state index contributed by atoms with van der Waals surface area (Å²) in [5.41, 5.74) is 1.69. The predicted octanol–water partition coefficient (Wildman–Crippen LogP) is 1.42. The van der Waals surface area contributed by atoms with Crippen LogP contribution < -0.4 is 0 Å². The molecule has 7 heavy (non-hydrogen) atoms. The molecule has 1 aromatic heterocycles. The van der Waals surface area contributed by atoms with Gasteiger partial charge in [0.25, 0.3) is 0 Å². The number of aromatic nitrogens is 2. The van der Waals surface area contributed by atoms with Crippen molar-refractivity contribution >= 4 is 23.1 Å².